The van der Waals surface area contributed by atoms with E-state index in [-0.39, 0.29) is 17.7 Å². The molecule has 0 fully saturated rings. The van der Waals surface area contributed by atoms with Crippen molar-refractivity contribution in [3.05, 3.63) is 52.8 Å². The normalized spacial score (nSPS) is 19.8. The van der Waals surface area contributed by atoms with Crippen LogP contribution in [0.1, 0.15) is 28.5 Å². The van der Waals surface area contributed by atoms with Crippen LogP contribution in [-0.2, 0) is 9.84 Å². The lowest BCUT2D eigenvalue weighted by Gasteiger charge is -2.26. The highest BCUT2D eigenvalue weighted by Gasteiger charge is 2.31. The molecule has 0 bridgehead atoms. The second-order valence-electron chi connectivity index (χ2n) is 4.90. The van der Waals surface area contributed by atoms with E-state index in [1.54, 1.807) is 24.3 Å². The molecule has 0 spiro atoms. The fourth-order valence-corrected chi connectivity index (χ4v) is 4.26. The Morgan fingerprint density at radius 2 is 2.10 bits per heavy atom. The standard InChI is InChI=1S/C14H13ClN2O3S/c15-9-7-12(16-8-9)14(18)17-11-5-6-21(19,20)13-4-2-1-3-10(11)13/h1-4,7-8,11,16H,5-6H2,(H,17,18)/t11-/m1/s1. The van der Waals surface area contributed by atoms with Crippen LogP contribution in [-0.4, -0.2) is 25.1 Å². The van der Waals surface area contributed by atoms with E-state index in [1.165, 1.54) is 12.3 Å². The maximum Gasteiger partial charge on any atom is 0.268 e. The summed E-state index contributed by atoms with van der Waals surface area (Å²) in [6.07, 6.45) is 1.88. The number of aromatic nitrogens is 1. The van der Waals surface area contributed by atoms with Gasteiger partial charge >= 0.3 is 0 Å². The van der Waals surface area contributed by atoms with Crippen molar-refractivity contribution >= 4 is 27.3 Å². The minimum atomic E-state index is -3.25. The predicted molar refractivity (Wildman–Crippen MR) is 79.1 cm³/mol. The molecule has 2 aromatic rings. The third kappa shape index (κ3) is 2.69. The molecule has 21 heavy (non-hydrogen) atoms. The second kappa shape index (κ2) is 5.20. The van der Waals surface area contributed by atoms with Gasteiger partial charge in [0.1, 0.15) is 5.69 Å². The fraction of sp³-hybridized carbons (Fsp3) is 0.214. The molecule has 1 aliphatic rings. The first kappa shape index (κ1) is 14.2. The van der Waals surface area contributed by atoms with Crippen molar-refractivity contribution in [2.75, 3.05) is 5.75 Å². The number of fused-ring (bicyclic) bond motifs is 1. The van der Waals surface area contributed by atoms with E-state index in [2.05, 4.69) is 10.3 Å². The molecular weight excluding hydrogens is 312 g/mol. The molecule has 0 aliphatic carbocycles. The van der Waals surface area contributed by atoms with Crippen LogP contribution in [0.25, 0.3) is 0 Å². The molecular formula is C14H13ClN2O3S. The number of amides is 1. The highest BCUT2D eigenvalue weighted by molar-refractivity contribution is 7.91. The number of carbonyl (C=O) groups is 1. The summed E-state index contributed by atoms with van der Waals surface area (Å²) in [6.45, 7) is 0. The van der Waals surface area contributed by atoms with Crippen LogP contribution >= 0.6 is 11.6 Å². The van der Waals surface area contributed by atoms with Gasteiger partial charge in [0.05, 0.1) is 21.7 Å². The minimum absolute atomic E-state index is 0.0282. The van der Waals surface area contributed by atoms with E-state index in [9.17, 15) is 13.2 Å². The summed E-state index contributed by atoms with van der Waals surface area (Å²) in [5, 5.41) is 3.30. The van der Waals surface area contributed by atoms with Gasteiger partial charge in [-0.2, -0.15) is 0 Å². The van der Waals surface area contributed by atoms with E-state index in [4.69, 9.17) is 11.6 Å². The van der Waals surface area contributed by atoms with Crippen LogP contribution in [0.5, 0.6) is 0 Å². The number of benzene rings is 1. The van der Waals surface area contributed by atoms with Crippen molar-refractivity contribution < 1.29 is 13.2 Å². The number of halogens is 1. The number of H-pyrrole nitrogens is 1. The van der Waals surface area contributed by atoms with Crippen molar-refractivity contribution in [1.29, 1.82) is 0 Å². The predicted octanol–water partition coefficient (Wildman–Crippen LogP) is 2.32. The van der Waals surface area contributed by atoms with E-state index >= 15 is 0 Å². The van der Waals surface area contributed by atoms with Gasteiger partial charge in [-0.1, -0.05) is 29.8 Å². The number of aromatic amines is 1. The van der Waals surface area contributed by atoms with Gasteiger partial charge in [0, 0.05) is 6.20 Å². The molecule has 110 valence electrons. The van der Waals surface area contributed by atoms with Crippen LogP contribution in [0.15, 0.2) is 41.4 Å². The van der Waals surface area contributed by atoms with Crippen LogP contribution in [0, 0.1) is 0 Å². The van der Waals surface area contributed by atoms with Crippen molar-refractivity contribution in [2.24, 2.45) is 0 Å². The van der Waals surface area contributed by atoms with E-state index in [0.717, 1.165) is 0 Å². The lowest BCUT2D eigenvalue weighted by atomic mass is 10.0. The van der Waals surface area contributed by atoms with Crippen LogP contribution in [0.4, 0.5) is 0 Å². The van der Waals surface area contributed by atoms with Gasteiger partial charge in [0.2, 0.25) is 0 Å². The first-order valence-electron chi connectivity index (χ1n) is 6.44. The summed E-state index contributed by atoms with van der Waals surface area (Å²) in [6, 6.07) is 7.98. The van der Waals surface area contributed by atoms with Crippen molar-refractivity contribution in [3.8, 4) is 0 Å². The number of hydrogen-bond acceptors (Lipinski definition) is 3. The SMILES string of the molecule is O=C(N[C@@H]1CCS(=O)(=O)c2ccccc21)c1cc(Cl)c[nH]1. The molecule has 0 radical (unpaired) electrons. The maximum atomic E-state index is 12.1. The summed E-state index contributed by atoms with van der Waals surface area (Å²) in [5.74, 6) is -0.276. The number of carbonyl (C=O) groups excluding carboxylic acids is 1. The molecule has 0 saturated carbocycles. The zero-order chi connectivity index (χ0) is 15.0. The number of rotatable bonds is 2. The molecule has 1 aromatic heterocycles. The number of nitrogens with one attached hydrogen (secondary N) is 2. The Morgan fingerprint density at radius 3 is 2.81 bits per heavy atom. The number of sulfone groups is 1. The molecule has 1 amide bonds. The Hall–Kier alpha value is -1.79. The van der Waals surface area contributed by atoms with Crippen LogP contribution < -0.4 is 5.32 Å². The summed E-state index contributed by atoms with van der Waals surface area (Å²) in [4.78, 5) is 15.2. The minimum Gasteiger partial charge on any atom is -0.356 e. The Bertz CT molecular complexity index is 798. The van der Waals surface area contributed by atoms with Gasteiger partial charge in [-0.15, -0.1) is 0 Å². The maximum absolute atomic E-state index is 12.1. The molecule has 2 heterocycles. The molecule has 7 heteroatoms. The van der Waals surface area contributed by atoms with Gasteiger partial charge in [-0.05, 0) is 24.1 Å². The van der Waals surface area contributed by atoms with Gasteiger partial charge in [0.25, 0.3) is 5.91 Å². The summed E-state index contributed by atoms with van der Waals surface area (Å²) in [7, 11) is -3.25. The molecule has 1 aromatic carbocycles. The number of hydrogen-bond donors (Lipinski definition) is 2. The first-order chi connectivity index (χ1) is 9.97. The zero-order valence-electron chi connectivity index (χ0n) is 11.0. The monoisotopic (exact) mass is 324 g/mol. The topological polar surface area (TPSA) is 79.0 Å². The molecule has 0 unspecified atom stereocenters. The summed E-state index contributed by atoms with van der Waals surface area (Å²) < 4.78 is 24.1. The average Bonchev–Trinajstić information content (AvgIpc) is 2.89. The third-order valence-electron chi connectivity index (χ3n) is 3.50. The van der Waals surface area contributed by atoms with Gasteiger partial charge < -0.3 is 10.3 Å². The largest absolute Gasteiger partial charge is 0.356 e. The van der Waals surface area contributed by atoms with Crippen molar-refractivity contribution in [2.45, 2.75) is 17.4 Å². The molecule has 2 N–H and O–H groups in total. The van der Waals surface area contributed by atoms with Crippen molar-refractivity contribution in [3.63, 3.8) is 0 Å². The highest BCUT2D eigenvalue weighted by Crippen LogP contribution is 2.32. The quantitative estimate of drug-likeness (QED) is 0.889. The molecule has 5 nitrogen and oxygen atoms in total. The summed E-state index contributed by atoms with van der Waals surface area (Å²) in [5.41, 5.74) is 0.987. The average molecular weight is 325 g/mol. The Balaban J connectivity index is 1.89. The lowest BCUT2D eigenvalue weighted by Crippen LogP contribution is -2.34. The summed E-state index contributed by atoms with van der Waals surface area (Å²) >= 11 is 5.78. The molecule has 3 rings (SSSR count). The van der Waals surface area contributed by atoms with E-state index in [1.807, 2.05) is 0 Å². The smallest absolute Gasteiger partial charge is 0.268 e. The van der Waals surface area contributed by atoms with Crippen LogP contribution in [0.3, 0.4) is 0 Å². The Labute approximate surface area is 127 Å². The molecule has 1 aliphatic heterocycles. The third-order valence-corrected chi connectivity index (χ3v) is 5.54. The van der Waals surface area contributed by atoms with Gasteiger partial charge in [-0.3, -0.25) is 4.79 Å². The highest BCUT2D eigenvalue weighted by atomic mass is 35.5. The van der Waals surface area contributed by atoms with E-state index in [0.29, 0.717) is 27.6 Å². The van der Waals surface area contributed by atoms with Crippen molar-refractivity contribution in [1.82, 2.24) is 10.3 Å². The Morgan fingerprint density at radius 1 is 1.33 bits per heavy atom. The first-order valence-corrected chi connectivity index (χ1v) is 8.47. The molecule has 1 atom stereocenters. The second-order valence-corrected chi connectivity index (χ2v) is 7.42. The zero-order valence-corrected chi connectivity index (χ0v) is 12.5. The van der Waals surface area contributed by atoms with Gasteiger partial charge in [-0.25, -0.2) is 8.42 Å². The fourth-order valence-electron chi connectivity index (χ4n) is 2.48. The lowest BCUT2D eigenvalue weighted by molar-refractivity contribution is 0.0930. The molecule has 0 saturated heterocycles. The van der Waals surface area contributed by atoms with Crippen LogP contribution in [0.2, 0.25) is 5.02 Å². The van der Waals surface area contributed by atoms with E-state index < -0.39 is 9.84 Å². The Kier molecular flexibility index (Phi) is 3.51. The van der Waals surface area contributed by atoms with Gasteiger partial charge in [0.15, 0.2) is 9.84 Å².